The Bertz CT molecular complexity index is 679. The van der Waals surface area contributed by atoms with E-state index < -0.39 is 17.2 Å². The fourth-order valence-electron chi connectivity index (χ4n) is 2.62. The lowest BCUT2D eigenvalue weighted by molar-refractivity contribution is -0.142. The summed E-state index contributed by atoms with van der Waals surface area (Å²) in [4.78, 5) is 26.3. The summed E-state index contributed by atoms with van der Waals surface area (Å²) in [6.45, 7) is 11.1. The fourth-order valence-corrected chi connectivity index (χ4v) is 2.62. The minimum atomic E-state index is -0.597. The number of rotatable bonds is 2. The van der Waals surface area contributed by atoms with Crippen LogP contribution in [0.5, 0.6) is 5.75 Å². The average Bonchev–Trinajstić information content (AvgIpc) is 2.64. The number of ether oxygens (including phenoxy) is 2. The smallest absolute Gasteiger partial charge is 0.338 e. The maximum absolute atomic E-state index is 14.6. The van der Waals surface area contributed by atoms with Crippen LogP contribution in [0.1, 0.15) is 57.5 Å². The van der Waals surface area contributed by atoms with Crippen molar-refractivity contribution < 1.29 is 23.5 Å². The number of esters is 1. The first kappa shape index (κ1) is 19.2. The van der Waals surface area contributed by atoms with E-state index in [1.54, 1.807) is 18.7 Å². The minimum absolute atomic E-state index is 0.0702. The molecule has 0 N–H and O–H groups in total. The largest absolute Gasteiger partial charge is 0.491 e. The highest BCUT2D eigenvalue weighted by atomic mass is 19.1. The first-order valence-corrected chi connectivity index (χ1v) is 8.48. The van der Waals surface area contributed by atoms with E-state index in [1.165, 1.54) is 6.07 Å². The van der Waals surface area contributed by atoms with Crippen molar-refractivity contribution >= 4 is 11.9 Å². The Hall–Kier alpha value is -2.11. The van der Waals surface area contributed by atoms with Gasteiger partial charge in [-0.25, -0.2) is 9.18 Å². The molecular weight excluding hydrogens is 325 g/mol. The Kier molecular flexibility index (Phi) is 5.40. The van der Waals surface area contributed by atoms with E-state index in [2.05, 4.69) is 0 Å². The highest BCUT2D eigenvalue weighted by Crippen LogP contribution is 2.31. The zero-order valence-corrected chi connectivity index (χ0v) is 15.7. The molecule has 1 heterocycles. The predicted octanol–water partition coefficient (Wildman–Crippen LogP) is 3.55. The van der Waals surface area contributed by atoms with Gasteiger partial charge >= 0.3 is 5.97 Å². The van der Waals surface area contributed by atoms with E-state index in [9.17, 15) is 14.0 Å². The molecule has 138 valence electrons. The van der Waals surface area contributed by atoms with Crippen molar-refractivity contribution in [2.75, 3.05) is 6.61 Å². The number of carbonyl (C=O) groups is 2. The van der Waals surface area contributed by atoms with Gasteiger partial charge < -0.3 is 14.4 Å². The first-order valence-electron chi connectivity index (χ1n) is 8.48. The van der Waals surface area contributed by atoms with E-state index in [4.69, 9.17) is 9.47 Å². The number of carbonyl (C=O) groups excluding carboxylic acids is 2. The van der Waals surface area contributed by atoms with Crippen LogP contribution in [0.2, 0.25) is 0 Å². The van der Waals surface area contributed by atoms with Crippen LogP contribution >= 0.6 is 0 Å². The van der Waals surface area contributed by atoms with Crippen molar-refractivity contribution in [3.8, 4) is 5.75 Å². The summed E-state index contributed by atoms with van der Waals surface area (Å²) < 4.78 is 25.4. The quantitative estimate of drug-likeness (QED) is 0.765. The van der Waals surface area contributed by atoms with Gasteiger partial charge in [0, 0.05) is 11.0 Å². The molecule has 1 atom stereocenters. The van der Waals surface area contributed by atoms with Crippen LogP contribution in [0.3, 0.4) is 0 Å². The SMILES string of the molecule is CC(C)OC(=O)c1cc(F)c2c(c1)OC[C@H](C)N(C(=O)C(C)(C)C)C2. The van der Waals surface area contributed by atoms with Gasteiger partial charge in [0.25, 0.3) is 0 Å². The molecule has 0 saturated heterocycles. The number of hydrogen-bond donors (Lipinski definition) is 0. The Morgan fingerprint density at radius 3 is 2.52 bits per heavy atom. The lowest BCUT2D eigenvalue weighted by Crippen LogP contribution is -2.45. The minimum Gasteiger partial charge on any atom is -0.491 e. The molecule has 1 aliphatic rings. The lowest BCUT2D eigenvalue weighted by Gasteiger charge is -2.32. The van der Waals surface area contributed by atoms with Crippen molar-refractivity contribution in [1.29, 1.82) is 0 Å². The van der Waals surface area contributed by atoms with Crippen molar-refractivity contribution in [2.45, 2.75) is 60.2 Å². The summed E-state index contributed by atoms with van der Waals surface area (Å²) in [5.74, 6) is -0.958. The van der Waals surface area contributed by atoms with E-state index in [1.807, 2.05) is 27.7 Å². The molecule has 0 aromatic heterocycles. The third-order valence-corrected chi connectivity index (χ3v) is 3.98. The molecule has 5 nitrogen and oxygen atoms in total. The van der Waals surface area contributed by atoms with Gasteiger partial charge in [-0.15, -0.1) is 0 Å². The molecule has 1 aromatic carbocycles. The van der Waals surface area contributed by atoms with Crippen molar-refractivity contribution in [2.24, 2.45) is 5.41 Å². The average molecular weight is 351 g/mol. The van der Waals surface area contributed by atoms with Gasteiger partial charge in [-0.2, -0.15) is 0 Å². The number of benzene rings is 1. The maximum atomic E-state index is 14.6. The molecule has 2 rings (SSSR count). The molecule has 1 aromatic rings. The van der Waals surface area contributed by atoms with Crippen molar-refractivity contribution in [3.63, 3.8) is 0 Å². The number of halogens is 1. The zero-order chi connectivity index (χ0) is 18.9. The maximum Gasteiger partial charge on any atom is 0.338 e. The first-order chi connectivity index (χ1) is 11.5. The van der Waals surface area contributed by atoms with Gasteiger partial charge in [0.05, 0.1) is 24.3 Å². The number of amides is 1. The fraction of sp³-hybridized carbons (Fsp3) is 0.579. The molecule has 0 spiro atoms. The number of fused-ring (bicyclic) bond motifs is 1. The second kappa shape index (κ2) is 7.02. The van der Waals surface area contributed by atoms with Crippen LogP contribution in [-0.4, -0.2) is 35.5 Å². The summed E-state index contributed by atoms with van der Waals surface area (Å²) in [5.41, 5.74) is -0.188. The second-order valence-electron chi connectivity index (χ2n) is 7.73. The molecule has 0 aliphatic carbocycles. The molecule has 0 radical (unpaired) electrons. The van der Waals surface area contributed by atoms with Gasteiger partial charge in [-0.1, -0.05) is 20.8 Å². The summed E-state index contributed by atoms with van der Waals surface area (Å²) >= 11 is 0. The van der Waals surface area contributed by atoms with E-state index >= 15 is 0 Å². The third-order valence-electron chi connectivity index (χ3n) is 3.98. The van der Waals surface area contributed by atoms with Crippen molar-refractivity contribution in [1.82, 2.24) is 4.90 Å². The van der Waals surface area contributed by atoms with Crippen LogP contribution in [0.15, 0.2) is 12.1 Å². The molecule has 0 fully saturated rings. The number of nitrogens with zero attached hydrogens (tertiary/aromatic N) is 1. The van der Waals surface area contributed by atoms with Crippen LogP contribution in [0.4, 0.5) is 4.39 Å². The van der Waals surface area contributed by atoms with Gasteiger partial charge in [0.1, 0.15) is 18.2 Å². The molecule has 6 heteroatoms. The van der Waals surface area contributed by atoms with Gasteiger partial charge in [-0.05, 0) is 32.9 Å². The standard InChI is InChI=1S/C19H26FNO4/c1-11(2)25-17(22)13-7-15(20)14-9-21(18(23)19(4,5)6)12(3)10-24-16(14)8-13/h7-8,11-12H,9-10H2,1-6H3/t12-/m0/s1. The second-order valence-corrected chi connectivity index (χ2v) is 7.73. The molecule has 1 amide bonds. The van der Waals surface area contributed by atoms with Gasteiger partial charge in [0.2, 0.25) is 5.91 Å². The van der Waals surface area contributed by atoms with Crippen LogP contribution < -0.4 is 4.74 Å². The van der Waals surface area contributed by atoms with Crippen LogP contribution in [0, 0.1) is 11.2 Å². The topological polar surface area (TPSA) is 55.8 Å². The molecule has 1 aliphatic heterocycles. The third kappa shape index (κ3) is 4.30. The Morgan fingerprint density at radius 2 is 1.96 bits per heavy atom. The zero-order valence-electron chi connectivity index (χ0n) is 15.7. The lowest BCUT2D eigenvalue weighted by atomic mass is 9.93. The van der Waals surface area contributed by atoms with E-state index in [0.717, 1.165) is 6.07 Å². The monoisotopic (exact) mass is 351 g/mol. The Morgan fingerprint density at radius 1 is 1.32 bits per heavy atom. The summed E-state index contributed by atoms with van der Waals surface area (Å²) in [6.07, 6.45) is -0.296. The van der Waals surface area contributed by atoms with E-state index in [-0.39, 0.29) is 48.1 Å². The van der Waals surface area contributed by atoms with Crippen LogP contribution in [0.25, 0.3) is 0 Å². The normalized spacial score (nSPS) is 17.6. The summed E-state index contributed by atoms with van der Waals surface area (Å²) in [5, 5.41) is 0. The molecule has 0 saturated carbocycles. The highest BCUT2D eigenvalue weighted by Gasteiger charge is 2.34. The molecule has 25 heavy (non-hydrogen) atoms. The van der Waals surface area contributed by atoms with Gasteiger partial charge in [-0.3, -0.25) is 4.79 Å². The van der Waals surface area contributed by atoms with Gasteiger partial charge in [0.15, 0.2) is 0 Å². The predicted molar refractivity (Wildman–Crippen MR) is 91.9 cm³/mol. The molecule has 0 bridgehead atoms. The van der Waals surface area contributed by atoms with Crippen LogP contribution in [-0.2, 0) is 16.1 Å². The number of hydrogen-bond acceptors (Lipinski definition) is 4. The highest BCUT2D eigenvalue weighted by molar-refractivity contribution is 5.90. The Labute approximate surface area is 148 Å². The van der Waals surface area contributed by atoms with E-state index in [0.29, 0.717) is 0 Å². The van der Waals surface area contributed by atoms with Crippen molar-refractivity contribution in [3.05, 3.63) is 29.1 Å². The Balaban J connectivity index is 2.37. The molecular formula is C19H26FNO4. The molecule has 0 unspecified atom stereocenters. The summed E-state index contributed by atoms with van der Waals surface area (Å²) in [6, 6.07) is 2.42. The summed E-state index contributed by atoms with van der Waals surface area (Å²) in [7, 11) is 0.